The van der Waals surface area contributed by atoms with Crippen LogP contribution in [0.25, 0.3) is 0 Å². The maximum atomic E-state index is 12.8. The molecule has 0 saturated carbocycles. The molecular formula is C18H26BClN2O3. The first-order valence-corrected chi connectivity index (χ1v) is 9.16. The summed E-state index contributed by atoms with van der Waals surface area (Å²) in [4.78, 5) is 14.6. The van der Waals surface area contributed by atoms with Crippen molar-refractivity contribution in [3.8, 4) is 0 Å². The number of nitrogens with zero attached hydrogens (tertiary/aromatic N) is 1. The Labute approximate surface area is 155 Å². The van der Waals surface area contributed by atoms with Gasteiger partial charge in [0.25, 0.3) is 5.91 Å². The Morgan fingerprint density at radius 1 is 1.28 bits per heavy atom. The van der Waals surface area contributed by atoms with Gasteiger partial charge in [0.05, 0.1) is 21.8 Å². The Morgan fingerprint density at radius 3 is 2.48 bits per heavy atom. The van der Waals surface area contributed by atoms with Gasteiger partial charge in [0.15, 0.2) is 0 Å². The quantitative estimate of drug-likeness (QED) is 0.816. The summed E-state index contributed by atoms with van der Waals surface area (Å²) in [5.41, 5.74) is 0.537. The first-order valence-electron chi connectivity index (χ1n) is 8.78. The topological polar surface area (TPSA) is 50.8 Å². The van der Waals surface area contributed by atoms with Crippen LogP contribution in [0, 0.1) is 0 Å². The molecule has 1 N–H and O–H groups in total. The first-order chi connectivity index (χ1) is 11.6. The summed E-state index contributed by atoms with van der Waals surface area (Å²) >= 11 is 6.43. The van der Waals surface area contributed by atoms with Crippen LogP contribution in [0.5, 0.6) is 0 Å². The lowest BCUT2D eigenvalue weighted by molar-refractivity contribution is 0.00578. The summed E-state index contributed by atoms with van der Waals surface area (Å²) in [7, 11) is -0.481. The van der Waals surface area contributed by atoms with Crippen LogP contribution in [0.15, 0.2) is 18.2 Å². The zero-order valence-electron chi connectivity index (χ0n) is 15.6. The fraction of sp³-hybridized carbons (Fsp3) is 0.611. The van der Waals surface area contributed by atoms with E-state index in [1.165, 1.54) is 0 Å². The predicted octanol–water partition coefficient (Wildman–Crippen LogP) is 2.07. The zero-order valence-corrected chi connectivity index (χ0v) is 16.3. The summed E-state index contributed by atoms with van der Waals surface area (Å²) in [6, 6.07) is 5.72. The van der Waals surface area contributed by atoms with Gasteiger partial charge in [-0.15, -0.1) is 0 Å². The average molecular weight is 365 g/mol. The molecule has 3 rings (SSSR count). The fourth-order valence-corrected chi connectivity index (χ4v) is 3.39. The van der Waals surface area contributed by atoms with Gasteiger partial charge in [-0.25, -0.2) is 0 Å². The first kappa shape index (κ1) is 18.7. The van der Waals surface area contributed by atoms with E-state index in [9.17, 15) is 4.79 Å². The number of halogens is 1. The van der Waals surface area contributed by atoms with Crippen LogP contribution in [0.3, 0.4) is 0 Å². The third-order valence-electron chi connectivity index (χ3n) is 5.40. The summed E-state index contributed by atoms with van der Waals surface area (Å²) < 4.78 is 12.1. The monoisotopic (exact) mass is 364 g/mol. The van der Waals surface area contributed by atoms with Crippen LogP contribution in [0.2, 0.25) is 5.02 Å². The van der Waals surface area contributed by atoms with E-state index in [-0.39, 0.29) is 5.91 Å². The highest BCUT2D eigenvalue weighted by Crippen LogP contribution is 2.36. The normalized spacial score (nSPS) is 25.3. The Balaban J connectivity index is 1.79. The van der Waals surface area contributed by atoms with E-state index >= 15 is 0 Å². The molecule has 2 aliphatic rings. The number of rotatable bonds is 2. The molecule has 2 heterocycles. The highest BCUT2D eigenvalue weighted by atomic mass is 35.5. The van der Waals surface area contributed by atoms with Gasteiger partial charge < -0.3 is 19.5 Å². The fourth-order valence-electron chi connectivity index (χ4n) is 3.12. The Bertz CT molecular complexity index is 664. The van der Waals surface area contributed by atoms with Crippen molar-refractivity contribution in [2.24, 2.45) is 0 Å². The third kappa shape index (κ3) is 3.58. The summed E-state index contributed by atoms with van der Waals surface area (Å²) in [5.74, 6) is -0.0289. The maximum absolute atomic E-state index is 12.8. The van der Waals surface area contributed by atoms with Crippen LogP contribution < -0.4 is 10.8 Å². The molecule has 1 amide bonds. The second-order valence-corrected chi connectivity index (χ2v) is 8.34. The number of hydrogen-bond acceptors (Lipinski definition) is 4. The van der Waals surface area contributed by atoms with E-state index in [2.05, 4.69) is 12.2 Å². The van der Waals surface area contributed by atoms with Crippen molar-refractivity contribution in [2.75, 3.05) is 19.6 Å². The number of amides is 1. The van der Waals surface area contributed by atoms with E-state index in [0.29, 0.717) is 29.7 Å². The lowest BCUT2D eigenvalue weighted by Gasteiger charge is -2.32. The predicted molar refractivity (Wildman–Crippen MR) is 101 cm³/mol. The molecule has 2 fully saturated rings. The lowest BCUT2D eigenvalue weighted by atomic mass is 9.79. The second kappa shape index (κ2) is 6.58. The number of nitrogens with one attached hydrogen (secondary N) is 1. The number of hydrogen-bond donors (Lipinski definition) is 1. The molecule has 136 valence electrons. The van der Waals surface area contributed by atoms with Gasteiger partial charge >= 0.3 is 7.12 Å². The lowest BCUT2D eigenvalue weighted by Crippen LogP contribution is -2.51. The third-order valence-corrected chi connectivity index (χ3v) is 5.72. The zero-order chi connectivity index (χ0) is 18.4. The van der Waals surface area contributed by atoms with E-state index in [4.69, 9.17) is 20.9 Å². The van der Waals surface area contributed by atoms with Crippen molar-refractivity contribution in [3.63, 3.8) is 0 Å². The minimum Gasteiger partial charge on any atom is -0.399 e. The van der Waals surface area contributed by atoms with Gasteiger partial charge in [0, 0.05) is 25.7 Å². The molecule has 0 aliphatic carbocycles. The maximum Gasteiger partial charge on any atom is 0.494 e. The second-order valence-electron chi connectivity index (χ2n) is 7.93. The van der Waals surface area contributed by atoms with E-state index in [0.717, 1.165) is 12.0 Å². The molecule has 5 nitrogen and oxygen atoms in total. The van der Waals surface area contributed by atoms with Crippen LogP contribution in [-0.2, 0) is 9.31 Å². The van der Waals surface area contributed by atoms with Crippen molar-refractivity contribution in [2.45, 2.75) is 51.9 Å². The molecule has 0 unspecified atom stereocenters. The molecule has 0 radical (unpaired) electrons. The van der Waals surface area contributed by atoms with E-state index in [1.54, 1.807) is 12.1 Å². The van der Waals surface area contributed by atoms with Crippen molar-refractivity contribution in [3.05, 3.63) is 28.8 Å². The molecule has 1 aromatic rings. The number of piperazine rings is 1. The molecule has 0 spiro atoms. The Kier molecular flexibility index (Phi) is 4.92. The van der Waals surface area contributed by atoms with Gasteiger partial charge in [0.1, 0.15) is 0 Å². The molecule has 1 aromatic carbocycles. The molecule has 0 aromatic heterocycles. The number of carbonyl (C=O) groups is 1. The molecule has 7 heteroatoms. The van der Waals surface area contributed by atoms with Gasteiger partial charge in [-0.1, -0.05) is 17.7 Å². The molecule has 25 heavy (non-hydrogen) atoms. The summed E-state index contributed by atoms with van der Waals surface area (Å²) in [5, 5.41) is 3.77. The van der Waals surface area contributed by atoms with Crippen molar-refractivity contribution < 1.29 is 14.1 Å². The Hall–Kier alpha value is -1.08. The van der Waals surface area contributed by atoms with Crippen LogP contribution in [0.4, 0.5) is 0 Å². The molecule has 2 aliphatic heterocycles. The van der Waals surface area contributed by atoms with Crippen molar-refractivity contribution in [1.29, 1.82) is 0 Å². The smallest absolute Gasteiger partial charge is 0.399 e. The average Bonchev–Trinajstić information content (AvgIpc) is 2.75. The molecule has 1 atom stereocenters. The van der Waals surface area contributed by atoms with E-state index < -0.39 is 18.3 Å². The molecule has 2 saturated heterocycles. The van der Waals surface area contributed by atoms with Gasteiger partial charge in [0.2, 0.25) is 0 Å². The summed E-state index contributed by atoms with van der Waals surface area (Å²) in [6.45, 7) is 12.3. The molecular weight excluding hydrogens is 338 g/mol. The van der Waals surface area contributed by atoms with Crippen LogP contribution >= 0.6 is 11.6 Å². The minimum atomic E-state index is -0.481. The van der Waals surface area contributed by atoms with Crippen LogP contribution in [0.1, 0.15) is 45.0 Å². The Morgan fingerprint density at radius 2 is 1.92 bits per heavy atom. The van der Waals surface area contributed by atoms with Crippen LogP contribution in [-0.4, -0.2) is 54.8 Å². The van der Waals surface area contributed by atoms with Crippen molar-refractivity contribution >= 4 is 30.1 Å². The molecule has 0 bridgehead atoms. The highest BCUT2D eigenvalue weighted by molar-refractivity contribution is 6.62. The SMILES string of the molecule is C[C@@H]1CN(C(=O)c2ccc(B3OC(C)(C)C(C)(C)O3)cc2Cl)CCN1. The standard InChI is InChI=1S/C18H26BClN2O3/c1-12-11-22(9-8-21-12)16(23)14-7-6-13(10-15(14)20)19-24-17(2,3)18(4,5)25-19/h6-7,10,12,21H,8-9,11H2,1-5H3/t12-/m1/s1. The van der Waals surface area contributed by atoms with E-state index in [1.807, 2.05) is 38.7 Å². The van der Waals surface area contributed by atoms with Gasteiger partial charge in [-0.05, 0) is 52.2 Å². The minimum absolute atomic E-state index is 0.0289. The van der Waals surface area contributed by atoms with Crippen molar-refractivity contribution in [1.82, 2.24) is 10.2 Å². The van der Waals surface area contributed by atoms with Gasteiger partial charge in [-0.2, -0.15) is 0 Å². The largest absolute Gasteiger partial charge is 0.494 e. The highest BCUT2D eigenvalue weighted by Gasteiger charge is 2.51. The van der Waals surface area contributed by atoms with Gasteiger partial charge in [-0.3, -0.25) is 4.79 Å². The summed E-state index contributed by atoms with van der Waals surface area (Å²) in [6.07, 6.45) is 0. The number of carbonyl (C=O) groups excluding carboxylic acids is 1. The number of benzene rings is 1.